The number of rotatable bonds is 4. The summed E-state index contributed by atoms with van der Waals surface area (Å²) in [5, 5.41) is 4.29. The third-order valence-corrected chi connectivity index (χ3v) is 4.94. The predicted molar refractivity (Wildman–Crippen MR) is 110 cm³/mol. The first-order valence-electron chi connectivity index (χ1n) is 8.88. The maximum atomic E-state index is 12.8. The van der Waals surface area contributed by atoms with Crippen molar-refractivity contribution >= 4 is 34.3 Å². The van der Waals surface area contributed by atoms with Crippen molar-refractivity contribution in [3.8, 4) is 22.9 Å². The number of carbonyl (C=O) groups excluding carboxylic acids is 2. The second-order valence-corrected chi connectivity index (χ2v) is 7.31. The van der Waals surface area contributed by atoms with Crippen LogP contribution in [0.3, 0.4) is 0 Å². The van der Waals surface area contributed by atoms with Gasteiger partial charge in [-0.1, -0.05) is 35.6 Å². The van der Waals surface area contributed by atoms with Gasteiger partial charge < -0.3 is 9.47 Å². The van der Waals surface area contributed by atoms with Gasteiger partial charge in [-0.15, -0.1) is 5.10 Å². The van der Waals surface area contributed by atoms with Crippen molar-refractivity contribution in [1.29, 1.82) is 0 Å². The number of thiazole rings is 1. The molecule has 0 bridgehead atoms. The molecule has 2 heterocycles. The summed E-state index contributed by atoms with van der Waals surface area (Å²) in [6.45, 7) is 2.63. The highest BCUT2D eigenvalue weighted by Gasteiger charge is 2.16. The van der Waals surface area contributed by atoms with Crippen LogP contribution in [-0.4, -0.2) is 26.5 Å². The molecule has 0 fully saturated rings. The number of carbonyl (C=O) groups is 2. The number of hydrogen-bond donors (Lipinski definition) is 0. The van der Waals surface area contributed by atoms with Crippen molar-refractivity contribution in [2.24, 2.45) is 0 Å². The molecule has 4 rings (SSSR count). The Hall–Kier alpha value is -3.85. The number of nitrogens with zero attached hydrogens (tertiary/aromatic N) is 3. The van der Waals surface area contributed by atoms with Crippen molar-refractivity contribution in [1.82, 2.24) is 14.6 Å². The molecule has 0 N–H and O–H groups in total. The van der Waals surface area contributed by atoms with Gasteiger partial charge in [0.1, 0.15) is 11.5 Å². The summed E-state index contributed by atoms with van der Waals surface area (Å²) in [6.07, 6.45) is 1.68. The highest BCUT2D eigenvalue weighted by Crippen LogP contribution is 2.27. The van der Waals surface area contributed by atoms with Crippen LogP contribution in [-0.2, 0) is 9.59 Å². The highest BCUT2D eigenvalue weighted by molar-refractivity contribution is 7.15. The topological polar surface area (TPSA) is 99.9 Å². The first-order valence-corrected chi connectivity index (χ1v) is 9.70. The Labute approximate surface area is 174 Å². The Balaban J connectivity index is 1.74. The van der Waals surface area contributed by atoms with Gasteiger partial charge in [-0.3, -0.25) is 14.4 Å². The summed E-state index contributed by atoms with van der Waals surface area (Å²) < 4.78 is 11.9. The summed E-state index contributed by atoms with van der Waals surface area (Å²) in [5.41, 5.74) is 0.898. The van der Waals surface area contributed by atoms with E-state index in [1.54, 1.807) is 54.6 Å². The van der Waals surface area contributed by atoms with Crippen molar-refractivity contribution in [2.75, 3.05) is 0 Å². The highest BCUT2D eigenvalue weighted by atomic mass is 32.1. The van der Waals surface area contributed by atoms with Gasteiger partial charge in [0.15, 0.2) is 5.82 Å². The zero-order chi connectivity index (χ0) is 21.3. The molecule has 2 aromatic heterocycles. The Bertz CT molecular complexity index is 1390. The van der Waals surface area contributed by atoms with Crippen LogP contribution in [0.25, 0.3) is 22.4 Å². The molecule has 30 heavy (non-hydrogen) atoms. The minimum absolute atomic E-state index is 0.290. The third-order valence-electron chi connectivity index (χ3n) is 3.98. The van der Waals surface area contributed by atoms with Crippen LogP contribution in [0.2, 0.25) is 0 Å². The van der Waals surface area contributed by atoms with Crippen LogP contribution in [0.5, 0.6) is 11.5 Å². The number of ether oxygens (including phenoxy) is 2. The summed E-state index contributed by atoms with van der Waals surface area (Å²) in [5.74, 6) is 0.133. The van der Waals surface area contributed by atoms with E-state index in [0.29, 0.717) is 37.9 Å². The second kappa shape index (κ2) is 7.88. The van der Waals surface area contributed by atoms with Crippen molar-refractivity contribution < 1.29 is 19.1 Å². The van der Waals surface area contributed by atoms with Crippen LogP contribution in [0.4, 0.5) is 0 Å². The number of para-hydroxylation sites is 1. The zero-order valence-electron chi connectivity index (χ0n) is 16.0. The van der Waals surface area contributed by atoms with Gasteiger partial charge in [0.2, 0.25) is 4.96 Å². The van der Waals surface area contributed by atoms with Gasteiger partial charge >= 0.3 is 11.9 Å². The lowest BCUT2D eigenvalue weighted by Gasteiger charge is -2.04. The lowest BCUT2D eigenvalue weighted by molar-refractivity contribution is -0.132. The normalized spacial score (nSPS) is 11.6. The van der Waals surface area contributed by atoms with E-state index in [2.05, 4.69) is 10.1 Å². The number of esters is 2. The Kier molecular flexibility index (Phi) is 5.11. The van der Waals surface area contributed by atoms with E-state index in [4.69, 9.17) is 9.47 Å². The Morgan fingerprint density at radius 3 is 2.53 bits per heavy atom. The van der Waals surface area contributed by atoms with Gasteiger partial charge in [-0.2, -0.15) is 9.50 Å². The Morgan fingerprint density at radius 1 is 1.03 bits per heavy atom. The first kappa shape index (κ1) is 19.5. The first-order chi connectivity index (χ1) is 14.4. The number of hydrogen-bond acceptors (Lipinski definition) is 8. The molecule has 0 aliphatic heterocycles. The molecule has 9 heteroatoms. The van der Waals surface area contributed by atoms with Gasteiger partial charge in [0.25, 0.3) is 5.56 Å². The molecule has 0 atom stereocenters. The van der Waals surface area contributed by atoms with Crippen LogP contribution in [0.15, 0.2) is 53.3 Å². The third kappa shape index (κ3) is 3.96. The van der Waals surface area contributed by atoms with E-state index in [0.717, 1.165) is 0 Å². The molecule has 2 aromatic carbocycles. The lowest BCUT2D eigenvalue weighted by atomic mass is 10.2. The maximum Gasteiger partial charge on any atom is 0.308 e. The zero-order valence-corrected chi connectivity index (χ0v) is 16.8. The number of aromatic nitrogens is 3. The minimum Gasteiger partial charge on any atom is -0.427 e. The molecule has 0 amide bonds. The molecular formula is C21H15N3O5S. The molecule has 0 saturated carbocycles. The molecule has 8 nitrogen and oxygen atoms in total. The predicted octanol–water partition coefficient (Wildman–Crippen LogP) is 2.22. The van der Waals surface area contributed by atoms with E-state index < -0.39 is 11.9 Å². The molecule has 0 unspecified atom stereocenters. The smallest absolute Gasteiger partial charge is 0.308 e. The molecular weight excluding hydrogens is 406 g/mol. The molecule has 0 radical (unpaired) electrons. The average Bonchev–Trinajstić information content (AvgIpc) is 3.21. The fourth-order valence-electron chi connectivity index (χ4n) is 2.83. The van der Waals surface area contributed by atoms with E-state index >= 15 is 0 Å². The lowest BCUT2D eigenvalue weighted by Crippen LogP contribution is -2.23. The summed E-state index contributed by atoms with van der Waals surface area (Å²) >= 11 is 1.18. The SMILES string of the molecule is CC(=O)Oc1cccc(/C=c2\sc3nc(-c4ccccc4OC(C)=O)nn3c2=O)c1. The summed E-state index contributed by atoms with van der Waals surface area (Å²) in [7, 11) is 0. The molecule has 150 valence electrons. The Morgan fingerprint density at radius 2 is 1.80 bits per heavy atom. The van der Waals surface area contributed by atoms with Crippen molar-refractivity contribution in [3.05, 3.63) is 69.0 Å². The molecule has 0 aliphatic rings. The van der Waals surface area contributed by atoms with E-state index in [1.165, 1.54) is 29.7 Å². The van der Waals surface area contributed by atoms with Crippen LogP contribution < -0.4 is 19.6 Å². The molecule has 0 saturated heterocycles. The number of fused-ring (bicyclic) bond motifs is 1. The minimum atomic E-state index is -0.458. The van der Waals surface area contributed by atoms with Crippen LogP contribution in [0.1, 0.15) is 19.4 Å². The van der Waals surface area contributed by atoms with Crippen molar-refractivity contribution in [3.63, 3.8) is 0 Å². The fourth-order valence-corrected chi connectivity index (χ4v) is 3.74. The van der Waals surface area contributed by atoms with E-state index in [-0.39, 0.29) is 5.56 Å². The fraction of sp³-hybridized carbons (Fsp3) is 0.0952. The quantitative estimate of drug-likeness (QED) is 0.368. The number of benzene rings is 2. The second-order valence-electron chi connectivity index (χ2n) is 6.30. The maximum absolute atomic E-state index is 12.8. The van der Waals surface area contributed by atoms with Gasteiger partial charge in [0, 0.05) is 13.8 Å². The van der Waals surface area contributed by atoms with Gasteiger partial charge in [-0.05, 0) is 35.9 Å². The van der Waals surface area contributed by atoms with Gasteiger partial charge in [-0.25, -0.2) is 0 Å². The van der Waals surface area contributed by atoms with Crippen LogP contribution >= 0.6 is 11.3 Å². The van der Waals surface area contributed by atoms with Crippen LogP contribution in [0, 0.1) is 0 Å². The molecule has 4 aromatic rings. The van der Waals surface area contributed by atoms with E-state index in [9.17, 15) is 14.4 Å². The monoisotopic (exact) mass is 421 g/mol. The standard InChI is InChI=1S/C21H15N3O5S/c1-12(25)28-15-7-5-6-14(10-15)11-18-20(27)24-21(30-18)22-19(23-24)16-8-3-4-9-17(16)29-13(2)26/h3-11H,1-2H3/b18-11-. The molecule has 0 aliphatic carbocycles. The summed E-state index contributed by atoms with van der Waals surface area (Å²) in [6, 6.07) is 13.7. The average molecular weight is 421 g/mol. The van der Waals surface area contributed by atoms with Crippen molar-refractivity contribution in [2.45, 2.75) is 13.8 Å². The molecule has 0 spiro atoms. The largest absolute Gasteiger partial charge is 0.427 e. The van der Waals surface area contributed by atoms with E-state index in [1.807, 2.05) is 0 Å². The van der Waals surface area contributed by atoms with Gasteiger partial charge in [0.05, 0.1) is 10.1 Å². The summed E-state index contributed by atoms with van der Waals surface area (Å²) in [4.78, 5) is 40.1.